The van der Waals surface area contributed by atoms with E-state index in [4.69, 9.17) is 32.5 Å². The smallest absolute Gasteiger partial charge is 0.264 e. The normalized spacial score (nSPS) is 21.2. The maximum Gasteiger partial charge on any atom is 0.264 e. The van der Waals surface area contributed by atoms with E-state index in [1.807, 2.05) is 0 Å². The number of halogens is 2. The van der Waals surface area contributed by atoms with Crippen LogP contribution in [-0.2, 0) is 4.74 Å². The fourth-order valence-corrected chi connectivity index (χ4v) is 3.92. The minimum Gasteiger partial charge on any atom is -0.370 e. The van der Waals surface area contributed by atoms with Crippen LogP contribution in [0, 0.1) is 6.92 Å². The molecule has 0 radical (unpaired) electrons. The lowest BCUT2D eigenvalue weighted by Gasteiger charge is -2.31. The predicted octanol–water partition coefficient (Wildman–Crippen LogP) is 4.26. The van der Waals surface area contributed by atoms with E-state index in [9.17, 15) is 9.90 Å². The van der Waals surface area contributed by atoms with Crippen LogP contribution in [0.1, 0.15) is 43.8 Å². The van der Waals surface area contributed by atoms with Crippen molar-refractivity contribution < 1.29 is 19.2 Å². The standard InChI is InChI=1S/C18H20Cl2N2O4/c1-9-12(14(21-25-9)13-10(19)7-6-8-11(13)20)15(23)22-16(24)17(2,3)26-18(22,4)5/h6-8,16,24H,1-5H3. The summed E-state index contributed by atoms with van der Waals surface area (Å²) in [5, 5.41) is 15.3. The molecular formula is C18H20Cl2N2O4. The Hall–Kier alpha value is -1.60. The maximum absolute atomic E-state index is 13.4. The zero-order chi connectivity index (χ0) is 19.4. The van der Waals surface area contributed by atoms with Gasteiger partial charge < -0.3 is 14.4 Å². The van der Waals surface area contributed by atoms with Gasteiger partial charge in [0.2, 0.25) is 0 Å². The molecule has 1 unspecified atom stereocenters. The Labute approximate surface area is 161 Å². The number of nitrogens with zero attached hydrogens (tertiary/aromatic N) is 2. The van der Waals surface area contributed by atoms with E-state index in [1.54, 1.807) is 52.8 Å². The summed E-state index contributed by atoms with van der Waals surface area (Å²) < 4.78 is 11.1. The lowest BCUT2D eigenvalue weighted by atomic mass is 10.0. The number of amides is 1. The van der Waals surface area contributed by atoms with Crippen LogP contribution >= 0.6 is 23.2 Å². The fourth-order valence-electron chi connectivity index (χ4n) is 3.35. The maximum atomic E-state index is 13.4. The van der Waals surface area contributed by atoms with Crippen molar-refractivity contribution in [3.8, 4) is 11.3 Å². The summed E-state index contributed by atoms with van der Waals surface area (Å²) in [6.07, 6.45) is -1.14. The van der Waals surface area contributed by atoms with Crippen molar-refractivity contribution in [2.24, 2.45) is 0 Å². The number of carbonyl (C=O) groups excluding carboxylic acids is 1. The number of aliphatic hydroxyl groups excluding tert-OH is 1. The van der Waals surface area contributed by atoms with Crippen LogP contribution in [0.2, 0.25) is 10.0 Å². The van der Waals surface area contributed by atoms with Crippen LogP contribution in [0.15, 0.2) is 22.7 Å². The van der Waals surface area contributed by atoms with E-state index < -0.39 is 23.5 Å². The summed E-state index contributed by atoms with van der Waals surface area (Å²) in [4.78, 5) is 14.6. The van der Waals surface area contributed by atoms with Crippen LogP contribution in [0.25, 0.3) is 11.3 Å². The van der Waals surface area contributed by atoms with Crippen LogP contribution in [0.4, 0.5) is 0 Å². The predicted molar refractivity (Wildman–Crippen MR) is 98.1 cm³/mol. The number of benzene rings is 1. The van der Waals surface area contributed by atoms with Gasteiger partial charge in [0, 0.05) is 5.56 Å². The van der Waals surface area contributed by atoms with E-state index in [2.05, 4.69) is 5.16 Å². The average molecular weight is 399 g/mol. The van der Waals surface area contributed by atoms with Crippen molar-refractivity contribution in [2.75, 3.05) is 0 Å². The summed E-state index contributed by atoms with van der Waals surface area (Å²) in [6, 6.07) is 5.01. The third-order valence-corrected chi connectivity index (χ3v) is 5.08. The molecule has 6 nitrogen and oxygen atoms in total. The number of ether oxygens (including phenoxy) is 1. The van der Waals surface area contributed by atoms with Crippen molar-refractivity contribution >= 4 is 29.1 Å². The van der Waals surface area contributed by atoms with Gasteiger partial charge in [-0.2, -0.15) is 0 Å². The second-order valence-electron chi connectivity index (χ2n) is 7.26. The molecule has 1 aromatic heterocycles. The Morgan fingerprint density at radius 3 is 2.31 bits per heavy atom. The van der Waals surface area contributed by atoms with Gasteiger partial charge in [0.05, 0.1) is 10.0 Å². The quantitative estimate of drug-likeness (QED) is 0.817. The lowest BCUT2D eigenvalue weighted by Crippen LogP contribution is -2.49. The Kier molecular flexibility index (Phi) is 4.60. The first-order valence-electron chi connectivity index (χ1n) is 8.10. The topological polar surface area (TPSA) is 75.8 Å². The Balaban J connectivity index is 2.15. The Morgan fingerprint density at radius 2 is 1.81 bits per heavy atom. The molecule has 1 atom stereocenters. The van der Waals surface area contributed by atoms with Gasteiger partial charge in [0.15, 0.2) is 6.23 Å². The molecule has 3 rings (SSSR count). The molecule has 1 aliphatic heterocycles. The number of aromatic nitrogens is 1. The van der Waals surface area contributed by atoms with Crippen molar-refractivity contribution in [1.29, 1.82) is 0 Å². The van der Waals surface area contributed by atoms with E-state index in [-0.39, 0.29) is 11.3 Å². The number of hydrogen-bond donors (Lipinski definition) is 1. The van der Waals surface area contributed by atoms with E-state index in [0.29, 0.717) is 21.4 Å². The molecule has 0 aliphatic carbocycles. The molecule has 140 valence electrons. The van der Waals surface area contributed by atoms with E-state index in [1.165, 1.54) is 4.90 Å². The summed E-state index contributed by atoms with van der Waals surface area (Å²) in [6.45, 7) is 8.50. The Morgan fingerprint density at radius 1 is 1.23 bits per heavy atom. The first-order chi connectivity index (χ1) is 12.0. The van der Waals surface area contributed by atoms with Crippen LogP contribution < -0.4 is 0 Å². The van der Waals surface area contributed by atoms with Crippen LogP contribution in [0.3, 0.4) is 0 Å². The highest BCUT2D eigenvalue weighted by molar-refractivity contribution is 6.39. The molecule has 1 N–H and O–H groups in total. The second-order valence-corrected chi connectivity index (χ2v) is 8.07. The van der Waals surface area contributed by atoms with Crippen LogP contribution in [-0.4, -0.2) is 38.6 Å². The van der Waals surface area contributed by atoms with Gasteiger partial charge >= 0.3 is 0 Å². The monoisotopic (exact) mass is 398 g/mol. The molecule has 1 fully saturated rings. The first-order valence-corrected chi connectivity index (χ1v) is 8.85. The SMILES string of the molecule is Cc1onc(-c2c(Cl)cccc2Cl)c1C(=O)N1C(O)C(C)(C)OC1(C)C. The highest BCUT2D eigenvalue weighted by atomic mass is 35.5. The van der Waals surface area contributed by atoms with Gasteiger partial charge in [-0.3, -0.25) is 9.69 Å². The molecule has 1 aliphatic rings. The number of rotatable bonds is 2. The molecule has 8 heteroatoms. The molecular weight excluding hydrogens is 379 g/mol. The van der Waals surface area contributed by atoms with Gasteiger partial charge in [0.25, 0.3) is 5.91 Å². The Bertz CT molecular complexity index is 856. The van der Waals surface area contributed by atoms with Crippen molar-refractivity contribution in [2.45, 2.75) is 52.2 Å². The molecule has 2 heterocycles. The largest absolute Gasteiger partial charge is 0.370 e. The highest BCUT2D eigenvalue weighted by Crippen LogP contribution is 2.42. The second kappa shape index (κ2) is 6.23. The van der Waals surface area contributed by atoms with Crippen LogP contribution in [0.5, 0.6) is 0 Å². The number of carbonyl (C=O) groups is 1. The minimum atomic E-state index is -1.14. The van der Waals surface area contributed by atoms with Gasteiger partial charge in [-0.15, -0.1) is 0 Å². The van der Waals surface area contributed by atoms with Crippen molar-refractivity contribution in [1.82, 2.24) is 10.1 Å². The molecule has 1 aromatic carbocycles. The number of aryl methyl sites for hydroxylation is 1. The van der Waals surface area contributed by atoms with Gasteiger partial charge in [0.1, 0.15) is 28.3 Å². The molecule has 0 saturated carbocycles. The summed E-state index contributed by atoms with van der Waals surface area (Å²) in [5.41, 5.74) is -1.12. The van der Waals surface area contributed by atoms with Gasteiger partial charge in [-0.1, -0.05) is 34.4 Å². The average Bonchev–Trinajstić information content (AvgIpc) is 2.94. The molecule has 26 heavy (non-hydrogen) atoms. The number of hydrogen-bond acceptors (Lipinski definition) is 5. The number of aliphatic hydroxyl groups is 1. The molecule has 0 spiro atoms. The summed E-state index contributed by atoms with van der Waals surface area (Å²) in [5.74, 6) is -0.175. The zero-order valence-electron chi connectivity index (χ0n) is 15.1. The molecule has 1 amide bonds. The van der Waals surface area contributed by atoms with Crippen molar-refractivity contribution in [3.63, 3.8) is 0 Å². The minimum absolute atomic E-state index is 0.188. The summed E-state index contributed by atoms with van der Waals surface area (Å²) in [7, 11) is 0. The highest BCUT2D eigenvalue weighted by Gasteiger charge is 2.54. The van der Waals surface area contributed by atoms with Gasteiger partial charge in [-0.05, 0) is 46.8 Å². The van der Waals surface area contributed by atoms with Gasteiger partial charge in [-0.25, -0.2) is 0 Å². The van der Waals surface area contributed by atoms with Crippen molar-refractivity contribution in [3.05, 3.63) is 39.6 Å². The molecule has 1 saturated heterocycles. The zero-order valence-corrected chi connectivity index (χ0v) is 16.6. The lowest BCUT2D eigenvalue weighted by molar-refractivity contribution is -0.0982. The van der Waals surface area contributed by atoms with E-state index >= 15 is 0 Å². The fraction of sp³-hybridized carbons (Fsp3) is 0.444. The third-order valence-electron chi connectivity index (χ3n) is 4.45. The third kappa shape index (κ3) is 2.91. The first kappa shape index (κ1) is 19.2. The molecule has 2 aromatic rings. The van der Waals surface area contributed by atoms with E-state index in [0.717, 1.165) is 0 Å². The summed E-state index contributed by atoms with van der Waals surface area (Å²) >= 11 is 12.5. The molecule has 0 bridgehead atoms.